The average molecular weight is 295 g/mol. The van der Waals surface area contributed by atoms with Crippen LogP contribution in [0.5, 0.6) is 0 Å². The summed E-state index contributed by atoms with van der Waals surface area (Å²) in [6, 6.07) is 0. The first kappa shape index (κ1) is 14.7. The van der Waals surface area contributed by atoms with Crippen LogP contribution in [0, 0.1) is 6.92 Å². The quantitative estimate of drug-likeness (QED) is 0.881. The summed E-state index contributed by atoms with van der Waals surface area (Å²) in [5, 5.41) is 13.2. The minimum absolute atomic E-state index is 0.301. The van der Waals surface area contributed by atoms with Gasteiger partial charge in [0.15, 0.2) is 0 Å². The second-order valence-electron chi connectivity index (χ2n) is 5.08. The number of anilines is 1. The Bertz CT molecular complexity index is 652. The molecule has 2 aromatic rings. The lowest BCUT2D eigenvalue weighted by Gasteiger charge is -2.23. The molecule has 2 heterocycles. The number of aromatic nitrogens is 2. The van der Waals surface area contributed by atoms with E-state index >= 15 is 0 Å². The van der Waals surface area contributed by atoms with Gasteiger partial charge in [-0.1, -0.05) is 0 Å². The Morgan fingerprint density at radius 3 is 2.80 bits per heavy atom. The third-order valence-corrected chi connectivity index (χ3v) is 4.34. The Labute approximate surface area is 120 Å². The van der Waals surface area contributed by atoms with Crippen molar-refractivity contribution in [3.63, 3.8) is 0 Å². The van der Waals surface area contributed by atoms with Crippen LogP contribution in [0.2, 0.25) is 0 Å². The molecule has 20 heavy (non-hydrogen) atoms. The maximum absolute atomic E-state index is 11.2. The molecule has 0 bridgehead atoms. The number of carboxylic acid groups (broad SMARTS) is 1. The van der Waals surface area contributed by atoms with E-state index in [9.17, 15) is 9.90 Å². The SMILES string of the molecule is COC(C)(C)CNc1ncnc2sc(C(=O)O)c(C)c12. The molecular formula is C13H17N3O3S. The van der Waals surface area contributed by atoms with Crippen molar-refractivity contribution in [2.75, 3.05) is 19.0 Å². The summed E-state index contributed by atoms with van der Waals surface area (Å²) in [6.07, 6.45) is 1.44. The minimum Gasteiger partial charge on any atom is -0.477 e. The van der Waals surface area contributed by atoms with Crippen LogP contribution in [0.4, 0.5) is 5.82 Å². The van der Waals surface area contributed by atoms with Gasteiger partial charge in [0.05, 0.1) is 11.0 Å². The largest absolute Gasteiger partial charge is 0.477 e. The molecule has 0 atom stereocenters. The lowest BCUT2D eigenvalue weighted by molar-refractivity contribution is 0.0343. The molecule has 0 unspecified atom stereocenters. The van der Waals surface area contributed by atoms with Crippen molar-refractivity contribution in [3.8, 4) is 0 Å². The number of hydrogen-bond acceptors (Lipinski definition) is 6. The van der Waals surface area contributed by atoms with E-state index in [1.165, 1.54) is 6.33 Å². The van der Waals surface area contributed by atoms with Crippen molar-refractivity contribution < 1.29 is 14.6 Å². The number of nitrogens with one attached hydrogen (secondary N) is 1. The molecule has 0 saturated carbocycles. The maximum Gasteiger partial charge on any atom is 0.346 e. The zero-order valence-electron chi connectivity index (χ0n) is 11.9. The van der Waals surface area contributed by atoms with E-state index in [1.54, 1.807) is 14.0 Å². The first-order valence-corrected chi connectivity index (χ1v) is 6.94. The van der Waals surface area contributed by atoms with Crippen molar-refractivity contribution in [2.45, 2.75) is 26.4 Å². The topological polar surface area (TPSA) is 84.3 Å². The predicted molar refractivity (Wildman–Crippen MR) is 78.7 cm³/mol. The van der Waals surface area contributed by atoms with Crippen LogP contribution >= 0.6 is 11.3 Å². The summed E-state index contributed by atoms with van der Waals surface area (Å²) in [4.78, 5) is 20.5. The number of methoxy groups -OCH3 is 1. The Morgan fingerprint density at radius 2 is 2.20 bits per heavy atom. The lowest BCUT2D eigenvalue weighted by Crippen LogP contribution is -2.32. The van der Waals surface area contributed by atoms with Gasteiger partial charge < -0.3 is 15.2 Å². The summed E-state index contributed by atoms with van der Waals surface area (Å²) >= 11 is 1.16. The van der Waals surface area contributed by atoms with Crippen molar-refractivity contribution >= 4 is 33.3 Å². The van der Waals surface area contributed by atoms with E-state index in [2.05, 4.69) is 15.3 Å². The molecule has 0 amide bonds. The summed E-state index contributed by atoms with van der Waals surface area (Å²) in [6.45, 7) is 6.26. The number of fused-ring (bicyclic) bond motifs is 1. The van der Waals surface area contributed by atoms with E-state index in [1.807, 2.05) is 13.8 Å². The fourth-order valence-corrected chi connectivity index (χ4v) is 2.77. The highest BCUT2D eigenvalue weighted by Gasteiger charge is 2.21. The number of thiophene rings is 1. The Morgan fingerprint density at radius 1 is 1.50 bits per heavy atom. The van der Waals surface area contributed by atoms with Gasteiger partial charge in [-0.15, -0.1) is 11.3 Å². The molecule has 2 rings (SSSR count). The standard InChI is InChI=1S/C13H17N3O3S/c1-7-8-10(14-5-13(2,3)19-4)15-6-16-11(8)20-9(7)12(17)18/h6H,5H2,1-4H3,(H,17,18)(H,14,15,16). The molecule has 2 aromatic heterocycles. The summed E-state index contributed by atoms with van der Waals surface area (Å²) in [7, 11) is 1.65. The highest BCUT2D eigenvalue weighted by molar-refractivity contribution is 7.20. The van der Waals surface area contributed by atoms with Gasteiger partial charge in [-0.2, -0.15) is 0 Å². The van der Waals surface area contributed by atoms with Gasteiger partial charge in [0.2, 0.25) is 0 Å². The number of aryl methyl sites for hydroxylation is 1. The van der Waals surface area contributed by atoms with Crippen LogP contribution in [0.15, 0.2) is 6.33 Å². The number of nitrogens with zero attached hydrogens (tertiary/aromatic N) is 2. The normalized spacial score (nSPS) is 11.8. The maximum atomic E-state index is 11.2. The predicted octanol–water partition coefficient (Wildman–Crippen LogP) is 2.53. The molecule has 7 heteroatoms. The molecule has 0 radical (unpaired) electrons. The Kier molecular flexibility index (Phi) is 3.92. The van der Waals surface area contributed by atoms with Gasteiger partial charge >= 0.3 is 5.97 Å². The zero-order valence-corrected chi connectivity index (χ0v) is 12.7. The molecule has 0 aromatic carbocycles. The summed E-state index contributed by atoms with van der Waals surface area (Å²) in [5.74, 6) is -0.296. The smallest absolute Gasteiger partial charge is 0.346 e. The number of rotatable bonds is 5. The molecule has 0 saturated heterocycles. The average Bonchev–Trinajstić information content (AvgIpc) is 2.75. The summed E-state index contributed by atoms with van der Waals surface area (Å²) in [5.41, 5.74) is 0.354. The monoisotopic (exact) mass is 295 g/mol. The van der Waals surface area contributed by atoms with Crippen molar-refractivity contribution in [3.05, 3.63) is 16.8 Å². The molecule has 108 valence electrons. The number of aromatic carboxylic acids is 1. The minimum atomic E-state index is -0.936. The fraction of sp³-hybridized carbons (Fsp3) is 0.462. The highest BCUT2D eigenvalue weighted by Crippen LogP contribution is 2.33. The van der Waals surface area contributed by atoms with E-state index in [0.29, 0.717) is 27.6 Å². The molecule has 0 aliphatic rings. The van der Waals surface area contributed by atoms with Gasteiger partial charge in [-0.25, -0.2) is 14.8 Å². The molecule has 2 N–H and O–H groups in total. The molecule has 0 aliphatic heterocycles. The molecular weight excluding hydrogens is 278 g/mol. The number of ether oxygens (including phenoxy) is 1. The van der Waals surface area contributed by atoms with Gasteiger partial charge in [0.25, 0.3) is 0 Å². The summed E-state index contributed by atoms with van der Waals surface area (Å²) < 4.78 is 5.35. The lowest BCUT2D eigenvalue weighted by atomic mass is 10.1. The highest BCUT2D eigenvalue weighted by atomic mass is 32.1. The van der Waals surface area contributed by atoms with E-state index in [-0.39, 0.29) is 5.60 Å². The number of carboxylic acids is 1. The first-order valence-electron chi connectivity index (χ1n) is 6.12. The van der Waals surface area contributed by atoms with E-state index < -0.39 is 5.97 Å². The molecule has 0 aliphatic carbocycles. The van der Waals surface area contributed by atoms with Crippen molar-refractivity contribution in [1.82, 2.24) is 9.97 Å². The van der Waals surface area contributed by atoms with Crippen LogP contribution < -0.4 is 5.32 Å². The Hall–Kier alpha value is -1.73. The second kappa shape index (κ2) is 5.34. The fourth-order valence-electron chi connectivity index (χ4n) is 1.78. The van der Waals surface area contributed by atoms with Gasteiger partial charge in [-0.3, -0.25) is 0 Å². The molecule has 0 spiro atoms. The van der Waals surface area contributed by atoms with E-state index in [4.69, 9.17) is 4.74 Å². The molecule has 0 fully saturated rings. The van der Waals surface area contributed by atoms with Crippen molar-refractivity contribution in [2.24, 2.45) is 0 Å². The second-order valence-corrected chi connectivity index (χ2v) is 6.08. The number of carbonyl (C=O) groups is 1. The van der Waals surface area contributed by atoms with Crippen LogP contribution in [-0.4, -0.2) is 40.3 Å². The van der Waals surface area contributed by atoms with Gasteiger partial charge in [-0.05, 0) is 26.3 Å². The van der Waals surface area contributed by atoms with Crippen LogP contribution in [0.3, 0.4) is 0 Å². The molecule has 6 nitrogen and oxygen atoms in total. The number of hydrogen-bond donors (Lipinski definition) is 2. The van der Waals surface area contributed by atoms with Crippen LogP contribution in [0.1, 0.15) is 29.1 Å². The van der Waals surface area contributed by atoms with Crippen LogP contribution in [-0.2, 0) is 4.74 Å². The third kappa shape index (κ3) is 2.73. The van der Waals surface area contributed by atoms with Crippen LogP contribution in [0.25, 0.3) is 10.2 Å². The van der Waals surface area contributed by atoms with Gasteiger partial charge in [0.1, 0.15) is 21.9 Å². The zero-order chi connectivity index (χ0) is 14.9. The van der Waals surface area contributed by atoms with E-state index in [0.717, 1.165) is 16.7 Å². The van der Waals surface area contributed by atoms with Gasteiger partial charge in [0, 0.05) is 13.7 Å². The third-order valence-electron chi connectivity index (χ3n) is 3.16. The first-order chi connectivity index (χ1) is 9.35. The van der Waals surface area contributed by atoms with Crippen molar-refractivity contribution in [1.29, 1.82) is 0 Å². The Balaban J connectivity index is 2.42.